The first-order chi connectivity index (χ1) is 9.93. The summed E-state index contributed by atoms with van der Waals surface area (Å²) in [7, 11) is 1.57. The van der Waals surface area contributed by atoms with Crippen LogP contribution < -0.4 is 5.32 Å². The maximum atomic E-state index is 13.1. The molecular weight excluding hydrogens is 347 g/mol. The second kappa shape index (κ2) is 7.01. The van der Waals surface area contributed by atoms with Gasteiger partial charge in [0, 0.05) is 28.9 Å². The van der Waals surface area contributed by atoms with Crippen molar-refractivity contribution in [2.45, 2.75) is 44.5 Å². The van der Waals surface area contributed by atoms with E-state index in [-0.39, 0.29) is 6.42 Å². The van der Waals surface area contributed by atoms with Gasteiger partial charge in [0.15, 0.2) is 0 Å². The molecule has 2 atom stereocenters. The molecule has 1 aliphatic rings. The van der Waals surface area contributed by atoms with Crippen molar-refractivity contribution >= 4 is 21.6 Å². The number of nitrogens with one attached hydrogen (secondary N) is 1. The summed E-state index contributed by atoms with van der Waals surface area (Å²) in [6.45, 7) is 0.354. The number of anilines is 1. The molecule has 0 aliphatic heterocycles. The van der Waals surface area contributed by atoms with E-state index in [4.69, 9.17) is 4.74 Å². The number of alkyl halides is 3. The summed E-state index contributed by atoms with van der Waals surface area (Å²) in [6, 6.07) is 4.92. The minimum Gasteiger partial charge on any atom is -0.381 e. The number of ether oxygens (including phenoxy) is 1. The van der Waals surface area contributed by atoms with Crippen molar-refractivity contribution in [1.29, 1.82) is 0 Å². The number of hydrogen-bond donors (Lipinski definition) is 1. The lowest BCUT2D eigenvalue weighted by Crippen LogP contribution is -2.41. The van der Waals surface area contributed by atoms with Gasteiger partial charge < -0.3 is 10.1 Å². The third kappa shape index (κ3) is 4.13. The van der Waals surface area contributed by atoms with Crippen LogP contribution >= 0.6 is 15.9 Å². The summed E-state index contributed by atoms with van der Waals surface area (Å²) >= 11 is 3.43. The number of hydrogen-bond acceptors (Lipinski definition) is 2. The van der Waals surface area contributed by atoms with Gasteiger partial charge in [0.1, 0.15) is 0 Å². The average Bonchev–Trinajstić information content (AvgIpc) is 2.42. The first kappa shape index (κ1) is 16.6. The van der Waals surface area contributed by atoms with E-state index in [0.29, 0.717) is 25.1 Å². The van der Waals surface area contributed by atoms with Crippen LogP contribution in [0.15, 0.2) is 22.7 Å². The fraction of sp³-hybridized carbons (Fsp3) is 0.600. The van der Waals surface area contributed by atoms with Crippen LogP contribution in [0.3, 0.4) is 0 Å². The van der Waals surface area contributed by atoms with Gasteiger partial charge in [-0.25, -0.2) is 0 Å². The minimum atomic E-state index is -4.15. The summed E-state index contributed by atoms with van der Waals surface area (Å²) in [5, 5.41) is 3.10. The van der Waals surface area contributed by atoms with E-state index >= 15 is 0 Å². The second-order valence-corrected chi connectivity index (χ2v) is 6.24. The van der Waals surface area contributed by atoms with Gasteiger partial charge in [-0.05, 0) is 25.0 Å². The van der Waals surface area contributed by atoms with E-state index in [2.05, 4.69) is 21.2 Å². The van der Waals surface area contributed by atoms with E-state index in [1.165, 1.54) is 0 Å². The van der Waals surface area contributed by atoms with Gasteiger partial charge in [0.05, 0.1) is 12.5 Å². The van der Waals surface area contributed by atoms with E-state index in [1.807, 2.05) is 12.1 Å². The van der Waals surface area contributed by atoms with Crippen LogP contribution in [0, 0.1) is 5.92 Å². The van der Waals surface area contributed by atoms with Crippen LogP contribution in [-0.2, 0) is 11.3 Å². The number of methoxy groups -OCH3 is 1. The molecule has 21 heavy (non-hydrogen) atoms. The van der Waals surface area contributed by atoms with Crippen molar-refractivity contribution in [3.63, 3.8) is 0 Å². The summed E-state index contributed by atoms with van der Waals surface area (Å²) in [5.41, 5.74) is 1.57. The van der Waals surface area contributed by atoms with Crippen LogP contribution in [0.4, 0.5) is 18.9 Å². The Morgan fingerprint density at radius 3 is 2.67 bits per heavy atom. The molecule has 1 N–H and O–H groups in total. The average molecular weight is 366 g/mol. The molecule has 0 aromatic heterocycles. The van der Waals surface area contributed by atoms with E-state index in [9.17, 15) is 13.2 Å². The molecule has 0 amide bonds. The van der Waals surface area contributed by atoms with Crippen LogP contribution in [0.2, 0.25) is 0 Å². The zero-order valence-corrected chi connectivity index (χ0v) is 13.4. The maximum absolute atomic E-state index is 13.1. The first-order valence-electron chi connectivity index (χ1n) is 7.03. The summed E-state index contributed by atoms with van der Waals surface area (Å²) in [4.78, 5) is 0. The predicted octanol–water partition coefficient (Wildman–Crippen LogP) is 5.13. The Kier molecular flexibility index (Phi) is 5.54. The molecule has 0 heterocycles. The van der Waals surface area contributed by atoms with Crippen molar-refractivity contribution in [2.75, 3.05) is 12.4 Å². The first-order valence-corrected chi connectivity index (χ1v) is 7.82. The van der Waals surface area contributed by atoms with Crippen LogP contribution in [0.25, 0.3) is 0 Å². The van der Waals surface area contributed by atoms with Crippen LogP contribution in [0.1, 0.15) is 31.2 Å². The van der Waals surface area contributed by atoms with Crippen molar-refractivity contribution < 1.29 is 17.9 Å². The van der Waals surface area contributed by atoms with Gasteiger partial charge in [0.25, 0.3) is 0 Å². The van der Waals surface area contributed by atoms with Crippen LogP contribution in [-0.4, -0.2) is 19.3 Å². The van der Waals surface area contributed by atoms with Gasteiger partial charge >= 0.3 is 6.18 Å². The zero-order chi connectivity index (χ0) is 15.5. The highest BCUT2D eigenvalue weighted by Gasteiger charge is 2.45. The largest absolute Gasteiger partial charge is 0.393 e. The fourth-order valence-corrected chi connectivity index (χ4v) is 3.36. The second-order valence-electron chi connectivity index (χ2n) is 5.38. The third-order valence-corrected chi connectivity index (χ3v) is 4.68. The standard InChI is InChI=1S/C15H19BrF3NO/c1-21-9-10-12(16)6-4-8-13(10)20-14-7-3-2-5-11(14)15(17,18)19/h4,6,8,11,14,20H,2-3,5,7,9H2,1H3. The Balaban J connectivity index is 2.21. The maximum Gasteiger partial charge on any atom is 0.393 e. The van der Waals surface area contributed by atoms with E-state index in [1.54, 1.807) is 13.2 Å². The SMILES string of the molecule is COCc1c(Br)cccc1NC1CCCCC1C(F)(F)F. The molecule has 2 rings (SSSR count). The smallest absolute Gasteiger partial charge is 0.381 e. The molecule has 118 valence electrons. The molecule has 0 spiro atoms. The lowest BCUT2D eigenvalue weighted by atomic mass is 9.83. The molecule has 1 aromatic rings. The highest BCUT2D eigenvalue weighted by molar-refractivity contribution is 9.10. The Labute approximate surface area is 131 Å². The highest BCUT2D eigenvalue weighted by Crippen LogP contribution is 2.39. The topological polar surface area (TPSA) is 21.3 Å². The molecule has 1 fully saturated rings. The van der Waals surface area contributed by atoms with Crippen LogP contribution in [0.5, 0.6) is 0 Å². The monoisotopic (exact) mass is 365 g/mol. The van der Waals surface area contributed by atoms with Gasteiger partial charge in [-0.15, -0.1) is 0 Å². The van der Waals surface area contributed by atoms with Gasteiger partial charge in [-0.3, -0.25) is 0 Å². The number of rotatable bonds is 4. The molecule has 1 aromatic carbocycles. The number of halogens is 4. The normalized spacial score (nSPS) is 23.1. The minimum absolute atomic E-state index is 0.203. The van der Waals surface area contributed by atoms with E-state index < -0.39 is 18.1 Å². The number of benzene rings is 1. The summed E-state index contributed by atoms with van der Waals surface area (Å²) < 4.78 is 45.4. The molecule has 6 heteroatoms. The van der Waals surface area contributed by atoms with Gasteiger partial charge in [-0.1, -0.05) is 34.8 Å². The fourth-order valence-electron chi connectivity index (χ4n) is 2.88. The molecule has 2 unspecified atom stereocenters. The quantitative estimate of drug-likeness (QED) is 0.798. The summed E-state index contributed by atoms with van der Waals surface area (Å²) in [5.74, 6) is -1.28. The summed E-state index contributed by atoms with van der Waals surface area (Å²) in [6.07, 6.45) is -1.92. The van der Waals surface area contributed by atoms with Crippen molar-refractivity contribution in [2.24, 2.45) is 5.92 Å². The Morgan fingerprint density at radius 1 is 1.29 bits per heavy atom. The van der Waals surface area contributed by atoms with Crippen molar-refractivity contribution in [3.05, 3.63) is 28.2 Å². The molecule has 0 saturated heterocycles. The predicted molar refractivity (Wildman–Crippen MR) is 80.3 cm³/mol. The Hall–Kier alpha value is -0.750. The molecular formula is C15H19BrF3NO. The van der Waals surface area contributed by atoms with Gasteiger partial charge in [0.2, 0.25) is 0 Å². The zero-order valence-electron chi connectivity index (χ0n) is 11.8. The lowest BCUT2D eigenvalue weighted by Gasteiger charge is -2.34. The Morgan fingerprint density at radius 2 is 2.00 bits per heavy atom. The molecule has 2 nitrogen and oxygen atoms in total. The van der Waals surface area contributed by atoms with Crippen molar-refractivity contribution in [3.8, 4) is 0 Å². The molecule has 1 aliphatic carbocycles. The van der Waals surface area contributed by atoms with Crippen molar-refractivity contribution in [1.82, 2.24) is 0 Å². The molecule has 0 bridgehead atoms. The molecule has 1 saturated carbocycles. The van der Waals surface area contributed by atoms with Gasteiger partial charge in [-0.2, -0.15) is 13.2 Å². The van der Waals surface area contributed by atoms with E-state index in [0.717, 1.165) is 16.5 Å². The highest BCUT2D eigenvalue weighted by atomic mass is 79.9. The molecule has 0 radical (unpaired) electrons. The Bertz CT molecular complexity index is 478. The lowest BCUT2D eigenvalue weighted by molar-refractivity contribution is -0.184. The third-order valence-electron chi connectivity index (χ3n) is 3.93.